The number of hydrogen-bond acceptors (Lipinski definition) is 6. The summed E-state index contributed by atoms with van der Waals surface area (Å²) in [7, 11) is 0. The molecule has 0 bridgehead atoms. The molecular weight excluding hydrogens is 330 g/mol. The van der Waals surface area contributed by atoms with Gasteiger partial charge in [-0.25, -0.2) is 9.59 Å². The summed E-state index contributed by atoms with van der Waals surface area (Å²) in [4.78, 5) is 19.1. The molecule has 0 aliphatic carbocycles. The smallest absolute Gasteiger partial charge is 0.328 e. The van der Waals surface area contributed by atoms with E-state index >= 15 is 0 Å². The van der Waals surface area contributed by atoms with Gasteiger partial charge in [0.15, 0.2) is 11.5 Å². The molecule has 1 fully saturated rings. The number of carbonyl (C=O) groups is 2. The van der Waals surface area contributed by atoms with E-state index in [2.05, 4.69) is 5.32 Å². The minimum absolute atomic E-state index is 0.124. The summed E-state index contributed by atoms with van der Waals surface area (Å²) in [5.41, 5.74) is 0. The average Bonchev–Trinajstić information content (AvgIpc) is 2.61. The van der Waals surface area contributed by atoms with Crippen LogP contribution in [0.5, 0.6) is 11.5 Å². The van der Waals surface area contributed by atoms with Gasteiger partial charge in [-0.2, -0.15) is 0 Å². The quantitative estimate of drug-likeness (QED) is 0.626. The van der Waals surface area contributed by atoms with Crippen LogP contribution in [-0.4, -0.2) is 61.2 Å². The van der Waals surface area contributed by atoms with Gasteiger partial charge in [0.25, 0.3) is 0 Å². The van der Waals surface area contributed by atoms with E-state index in [1.54, 1.807) is 0 Å². The first kappa shape index (κ1) is 20.5. The Kier molecular flexibility index (Phi) is 9.72. The monoisotopic (exact) mass is 353 g/mol. The van der Waals surface area contributed by atoms with Crippen LogP contribution in [0.1, 0.15) is 6.92 Å². The van der Waals surface area contributed by atoms with Crippen LogP contribution in [0.2, 0.25) is 0 Å². The highest BCUT2D eigenvalue weighted by molar-refractivity contribution is 5.89. The largest absolute Gasteiger partial charge is 0.490 e. The first-order valence-corrected chi connectivity index (χ1v) is 7.83. The Balaban J connectivity index is 0.000000333. The number of rotatable bonds is 7. The minimum Gasteiger partial charge on any atom is -0.490 e. The van der Waals surface area contributed by atoms with Crippen molar-refractivity contribution in [3.8, 4) is 11.5 Å². The molecule has 0 aromatic heterocycles. The molecule has 1 atom stereocenters. The molecule has 25 heavy (non-hydrogen) atoms. The second kappa shape index (κ2) is 11.9. The fourth-order valence-electron chi connectivity index (χ4n) is 1.90. The van der Waals surface area contributed by atoms with Crippen molar-refractivity contribution >= 4 is 11.9 Å². The van der Waals surface area contributed by atoms with Crippen molar-refractivity contribution in [2.45, 2.75) is 13.0 Å². The highest BCUT2D eigenvalue weighted by Crippen LogP contribution is 2.26. The number of aliphatic carboxylic acids is 2. The van der Waals surface area contributed by atoms with Gasteiger partial charge < -0.3 is 29.7 Å². The molecule has 2 rings (SSSR count). The first-order chi connectivity index (χ1) is 12.0. The highest BCUT2D eigenvalue weighted by atomic mass is 16.5. The summed E-state index contributed by atoms with van der Waals surface area (Å²) in [6, 6.07) is 7.72. The van der Waals surface area contributed by atoms with Crippen molar-refractivity contribution in [1.82, 2.24) is 5.32 Å². The van der Waals surface area contributed by atoms with Gasteiger partial charge in [0.05, 0.1) is 13.2 Å². The lowest BCUT2D eigenvalue weighted by atomic mass is 10.3. The lowest BCUT2D eigenvalue weighted by Gasteiger charge is -2.24. The van der Waals surface area contributed by atoms with Gasteiger partial charge in [-0.3, -0.25) is 0 Å². The molecule has 8 nitrogen and oxygen atoms in total. The van der Waals surface area contributed by atoms with Crippen LogP contribution in [0.3, 0.4) is 0 Å². The van der Waals surface area contributed by atoms with Crippen molar-refractivity contribution in [2.75, 3.05) is 32.9 Å². The Bertz CT molecular complexity index is 552. The maximum absolute atomic E-state index is 9.55. The number of nitrogens with one attached hydrogen (secondary N) is 1. The molecule has 1 aromatic carbocycles. The van der Waals surface area contributed by atoms with Gasteiger partial charge in [-0.15, -0.1) is 0 Å². The Labute approximate surface area is 146 Å². The number of carboxylic acids is 2. The van der Waals surface area contributed by atoms with E-state index in [1.807, 2.05) is 31.2 Å². The van der Waals surface area contributed by atoms with E-state index < -0.39 is 11.9 Å². The van der Waals surface area contributed by atoms with Crippen molar-refractivity contribution < 1.29 is 34.0 Å². The predicted octanol–water partition coefficient (Wildman–Crippen LogP) is 1.16. The van der Waals surface area contributed by atoms with Crippen LogP contribution < -0.4 is 14.8 Å². The van der Waals surface area contributed by atoms with E-state index in [0.29, 0.717) is 25.4 Å². The summed E-state index contributed by atoms with van der Waals surface area (Å²) in [5.74, 6) is -0.943. The molecule has 0 spiro atoms. The fourth-order valence-corrected chi connectivity index (χ4v) is 1.90. The van der Waals surface area contributed by atoms with E-state index in [9.17, 15) is 9.59 Å². The van der Waals surface area contributed by atoms with E-state index in [1.165, 1.54) is 0 Å². The molecule has 1 aliphatic heterocycles. The molecule has 138 valence electrons. The number of ether oxygens (including phenoxy) is 3. The molecule has 0 amide bonds. The maximum atomic E-state index is 9.55. The average molecular weight is 353 g/mol. The molecule has 1 saturated heterocycles. The van der Waals surface area contributed by atoms with E-state index in [-0.39, 0.29) is 6.10 Å². The molecule has 1 heterocycles. The van der Waals surface area contributed by atoms with Gasteiger partial charge in [0.1, 0.15) is 12.7 Å². The van der Waals surface area contributed by atoms with Crippen LogP contribution >= 0.6 is 0 Å². The van der Waals surface area contributed by atoms with Crippen LogP contribution in [0.25, 0.3) is 0 Å². The van der Waals surface area contributed by atoms with Crippen LogP contribution in [0, 0.1) is 0 Å². The van der Waals surface area contributed by atoms with Crippen molar-refractivity contribution in [3.05, 3.63) is 36.4 Å². The highest BCUT2D eigenvalue weighted by Gasteiger charge is 2.14. The van der Waals surface area contributed by atoms with Gasteiger partial charge in [-0.1, -0.05) is 12.1 Å². The zero-order valence-electron chi connectivity index (χ0n) is 14.0. The number of hydrogen-bond donors (Lipinski definition) is 3. The van der Waals surface area contributed by atoms with Gasteiger partial charge >= 0.3 is 11.9 Å². The molecular formula is C17H23NO7. The second-order valence-corrected chi connectivity index (χ2v) is 4.90. The summed E-state index contributed by atoms with van der Waals surface area (Å²) in [5, 5.41) is 18.9. The molecule has 8 heteroatoms. The summed E-state index contributed by atoms with van der Waals surface area (Å²) >= 11 is 0. The second-order valence-electron chi connectivity index (χ2n) is 4.90. The minimum atomic E-state index is -1.26. The van der Waals surface area contributed by atoms with Crippen LogP contribution in [0.4, 0.5) is 0 Å². The topological polar surface area (TPSA) is 114 Å². The third kappa shape index (κ3) is 9.33. The molecule has 1 aromatic rings. The number of benzene rings is 1. The Hall–Kier alpha value is -2.58. The summed E-state index contributed by atoms with van der Waals surface area (Å²) in [6.07, 6.45) is 1.24. The summed E-state index contributed by atoms with van der Waals surface area (Å²) in [6.45, 7) is 5.67. The molecule has 0 radical (unpaired) electrons. The fraction of sp³-hybridized carbons (Fsp3) is 0.412. The number of para-hydroxylation sites is 2. The van der Waals surface area contributed by atoms with Crippen molar-refractivity contribution in [1.29, 1.82) is 0 Å². The number of morpholine rings is 1. The lowest BCUT2D eigenvalue weighted by molar-refractivity contribution is -0.134. The SMILES string of the molecule is CCOc1ccccc1OCC1CNCCO1.O=C(O)C=CC(=O)O. The Morgan fingerprint density at radius 3 is 2.28 bits per heavy atom. The van der Waals surface area contributed by atoms with Crippen LogP contribution in [0.15, 0.2) is 36.4 Å². The molecule has 0 saturated carbocycles. The van der Waals surface area contributed by atoms with Crippen LogP contribution in [-0.2, 0) is 14.3 Å². The van der Waals surface area contributed by atoms with Crippen molar-refractivity contribution in [2.24, 2.45) is 0 Å². The molecule has 1 aliphatic rings. The zero-order chi connectivity index (χ0) is 18.5. The molecule has 1 unspecified atom stereocenters. The van der Waals surface area contributed by atoms with Gasteiger partial charge in [0.2, 0.25) is 0 Å². The maximum Gasteiger partial charge on any atom is 0.328 e. The Morgan fingerprint density at radius 1 is 1.20 bits per heavy atom. The first-order valence-electron chi connectivity index (χ1n) is 7.83. The van der Waals surface area contributed by atoms with Gasteiger partial charge in [0, 0.05) is 25.2 Å². The molecule has 3 N–H and O–H groups in total. The van der Waals surface area contributed by atoms with Crippen molar-refractivity contribution in [3.63, 3.8) is 0 Å². The Morgan fingerprint density at radius 2 is 1.80 bits per heavy atom. The zero-order valence-corrected chi connectivity index (χ0v) is 14.0. The lowest BCUT2D eigenvalue weighted by Crippen LogP contribution is -2.41. The third-order valence-corrected chi connectivity index (χ3v) is 2.95. The summed E-state index contributed by atoms with van der Waals surface area (Å²) < 4.78 is 16.8. The normalized spacial score (nSPS) is 16.6. The number of carboxylic acid groups (broad SMARTS) is 2. The predicted molar refractivity (Wildman–Crippen MR) is 90.1 cm³/mol. The standard InChI is InChI=1S/C13H19NO3.C4H4O4/c1-2-15-12-5-3-4-6-13(12)17-10-11-9-14-7-8-16-11;5-3(6)1-2-4(7)8/h3-6,11,14H,2,7-10H2,1H3;1-2H,(H,5,6)(H,7,8). The van der Waals surface area contributed by atoms with E-state index in [4.69, 9.17) is 24.4 Å². The van der Waals surface area contributed by atoms with Gasteiger partial charge in [-0.05, 0) is 19.1 Å². The van der Waals surface area contributed by atoms with E-state index in [0.717, 1.165) is 31.2 Å². The third-order valence-electron chi connectivity index (χ3n) is 2.95.